The quantitative estimate of drug-likeness (QED) is 0.0518. The van der Waals surface area contributed by atoms with Crippen LogP contribution in [0.3, 0.4) is 0 Å². The van der Waals surface area contributed by atoms with Crippen LogP contribution in [0.15, 0.2) is 235 Å². The van der Waals surface area contributed by atoms with E-state index in [0.29, 0.717) is 60.2 Å². The van der Waals surface area contributed by atoms with E-state index in [1.165, 1.54) is 89.1 Å². The molecule has 6 aromatic rings. The molecule has 23 nitrogen and oxygen atoms in total. The molecule has 6 aromatic carbocycles. The predicted octanol–water partition coefficient (Wildman–Crippen LogP) is 22.1. The number of carbonyl (C=O) groups excluding carboxylic acids is 4. The molecule has 10 N–H and O–H groups in total. The van der Waals surface area contributed by atoms with E-state index in [1.54, 1.807) is 0 Å². The molecule has 0 spiro atoms. The van der Waals surface area contributed by atoms with Crippen LogP contribution in [0.4, 0.5) is 21.0 Å². The van der Waals surface area contributed by atoms with E-state index in [-0.39, 0.29) is 125 Å². The summed E-state index contributed by atoms with van der Waals surface area (Å²) in [7, 11) is 0. The summed E-state index contributed by atoms with van der Waals surface area (Å²) < 4.78 is 45.3. The number of rotatable bonds is 8. The summed E-state index contributed by atoms with van der Waals surface area (Å²) in [5.74, 6) is 36.7. The molecule has 20 aliphatic rings. The van der Waals surface area contributed by atoms with Crippen molar-refractivity contribution in [3.63, 3.8) is 0 Å². The number of fused-ring (bicyclic) bond motifs is 20. The fourth-order valence-electron chi connectivity index (χ4n) is 31.6. The summed E-state index contributed by atoms with van der Waals surface area (Å²) in [6.07, 6.45) is 28.2. The maximum Gasteiger partial charge on any atom is 0.339 e. The molecule has 16 aliphatic carbocycles. The van der Waals surface area contributed by atoms with E-state index in [9.17, 15) is 39.6 Å². The Labute approximate surface area is 873 Å². The van der Waals surface area contributed by atoms with Crippen molar-refractivity contribution in [1.82, 2.24) is 10.9 Å². The van der Waals surface area contributed by atoms with Gasteiger partial charge in [-0.05, 0) is 402 Å². The topological polar surface area (TPSA) is 327 Å². The Bertz CT molecular complexity index is 6600. The fourth-order valence-corrected chi connectivity index (χ4v) is 31.6. The lowest BCUT2D eigenvalue weighted by Crippen LogP contribution is -2.45. The highest BCUT2D eigenvalue weighted by Crippen LogP contribution is 2.71. The number of allylic oxidation sites excluding steroid dienone is 16. The second-order valence-corrected chi connectivity index (χ2v) is 45.6. The number of ether oxygens (including phenoxy) is 8. The van der Waals surface area contributed by atoms with Gasteiger partial charge in [-0.2, -0.15) is 10.2 Å². The lowest BCUT2D eigenvalue weighted by atomic mass is 9.53. The lowest BCUT2D eigenvalue weighted by Gasteiger charge is -2.52. The largest absolute Gasteiger partial charge is 0.454 e. The number of para-hydroxylation sites is 2. The molecular weight excluding hydrogens is 1870 g/mol. The molecule has 0 saturated heterocycles. The van der Waals surface area contributed by atoms with E-state index in [2.05, 4.69) is 167 Å². The number of benzene rings is 6. The van der Waals surface area contributed by atoms with Crippen molar-refractivity contribution in [3.8, 4) is 93.4 Å². The van der Waals surface area contributed by atoms with Crippen molar-refractivity contribution >= 4 is 46.4 Å². The second-order valence-electron chi connectivity index (χ2n) is 45.6. The Morgan fingerprint density at radius 2 is 0.584 bits per heavy atom. The number of aliphatic hydroxyl groups is 4. The van der Waals surface area contributed by atoms with Crippen molar-refractivity contribution in [3.05, 3.63) is 247 Å². The summed E-state index contributed by atoms with van der Waals surface area (Å²) >= 11 is 0. The van der Waals surface area contributed by atoms with Crippen LogP contribution in [-0.4, -0.2) is 113 Å². The number of anilines is 2. The van der Waals surface area contributed by atoms with Gasteiger partial charge in [0.15, 0.2) is 57.6 Å². The molecule has 772 valence electrons. The molecule has 0 radical (unpaired) electrons. The molecular formula is C126H136N6O17. The molecule has 149 heavy (non-hydrogen) atoms. The zero-order valence-corrected chi connectivity index (χ0v) is 86.4. The van der Waals surface area contributed by atoms with Crippen LogP contribution < -0.4 is 59.4 Å². The van der Waals surface area contributed by atoms with E-state index >= 15 is 0 Å². The molecule has 4 heterocycles. The van der Waals surface area contributed by atoms with Crippen LogP contribution in [0.25, 0.3) is 0 Å². The minimum atomic E-state index is -0.437. The zero-order valence-electron chi connectivity index (χ0n) is 86.4. The summed E-state index contributed by atoms with van der Waals surface area (Å²) in [6.45, 7) is 17.7. The normalized spacial score (nSPS) is 33.9. The van der Waals surface area contributed by atoms with Gasteiger partial charge in [-0.1, -0.05) is 134 Å². The standard InChI is InChI=1S/2C35H37N3O4.2C28H30O4.H2O/c2*1-3-7-23-17-29-27-13-10-21-16-25(37-38-34(40)36-24-8-5-4-6-9-24)12-14-26(21)32(27)28(19-35(29,2)33(23)39)22-11-15-30-31(18-22)42-20-41-30;2*1-3-4-18-12-23-21-8-5-16-11-19(29)7-9-20(16)26(21)22(14-28(23,2)27(18)30)17-6-10-24-25(13-17)32-15-31-24;/h2*4-6,8-9,11,15-16,18,23,27-29,33,39H,10,12-14,17,19-20H2,1-2H3,(H2,36,38,40);2*6,10-11,13,18,21-23,27,30H,5,7-9,12,14-15H2,1-2H3;1H2/t2*23?,27-,28+,29-,33-,35-;2*18?,21-,22+,23-,27-,28-;/m0000./s1. The first kappa shape index (κ1) is 100. The third-order valence-electron chi connectivity index (χ3n) is 38.1. The fraction of sp³-hybridized carbons (Fsp3) is 0.476. The minimum Gasteiger partial charge on any atom is -0.454 e. The van der Waals surface area contributed by atoms with Crippen LogP contribution in [0, 0.1) is 140 Å². The number of nitrogens with one attached hydrogen (secondary N) is 4. The van der Waals surface area contributed by atoms with Crippen molar-refractivity contribution < 1.29 is 83.0 Å². The molecule has 8 fully saturated rings. The highest BCUT2D eigenvalue weighted by Gasteiger charge is 2.65. The first-order valence-electron chi connectivity index (χ1n) is 54.1. The van der Waals surface area contributed by atoms with E-state index < -0.39 is 24.4 Å². The number of urea groups is 2. The Morgan fingerprint density at radius 3 is 0.852 bits per heavy atom. The van der Waals surface area contributed by atoms with E-state index in [1.807, 2.05) is 125 Å². The molecule has 0 aromatic heterocycles. The van der Waals surface area contributed by atoms with Gasteiger partial charge < -0.3 is 74.4 Å². The predicted molar refractivity (Wildman–Crippen MR) is 570 cm³/mol. The maximum atomic E-state index is 12.4. The van der Waals surface area contributed by atoms with Crippen LogP contribution in [0.1, 0.15) is 255 Å². The van der Waals surface area contributed by atoms with Gasteiger partial charge in [-0.3, -0.25) is 9.59 Å². The molecule has 4 amide bonds. The minimum absolute atomic E-state index is 0. The molecule has 26 rings (SSSR count). The summed E-state index contributed by atoms with van der Waals surface area (Å²) in [6, 6.07) is 43.4. The molecule has 4 unspecified atom stereocenters. The Balaban J connectivity index is 0.000000113. The third kappa shape index (κ3) is 18.3. The van der Waals surface area contributed by atoms with E-state index in [0.717, 1.165) is 210 Å². The van der Waals surface area contributed by atoms with Gasteiger partial charge >= 0.3 is 12.1 Å². The average Bonchev–Trinajstić information content (AvgIpc) is 1.58. The third-order valence-corrected chi connectivity index (χ3v) is 38.1. The highest BCUT2D eigenvalue weighted by atomic mass is 16.7. The van der Waals surface area contributed by atoms with Gasteiger partial charge in [0.25, 0.3) is 0 Å². The van der Waals surface area contributed by atoms with Gasteiger partial charge in [-0.25, -0.2) is 20.4 Å². The smallest absolute Gasteiger partial charge is 0.339 e. The number of ketones is 2. The number of aliphatic hydroxyl groups excluding tert-OH is 4. The Morgan fingerprint density at radius 1 is 0.329 bits per heavy atom. The van der Waals surface area contributed by atoms with Crippen molar-refractivity contribution in [1.29, 1.82) is 0 Å². The first-order valence-corrected chi connectivity index (χ1v) is 54.1. The van der Waals surface area contributed by atoms with Crippen molar-refractivity contribution in [2.24, 2.45) is 103 Å². The number of nitrogens with zero attached hydrogens (tertiary/aromatic N) is 2. The van der Waals surface area contributed by atoms with Gasteiger partial charge in [0.2, 0.25) is 27.2 Å². The molecule has 4 aliphatic heterocycles. The zero-order chi connectivity index (χ0) is 102. The maximum absolute atomic E-state index is 12.4. The van der Waals surface area contributed by atoms with Crippen LogP contribution in [0.5, 0.6) is 46.0 Å². The number of hydrogen-bond donors (Lipinski definition) is 8. The van der Waals surface area contributed by atoms with Crippen LogP contribution in [-0.2, 0) is 9.59 Å². The molecule has 23 heteroatoms. The summed E-state index contributed by atoms with van der Waals surface area (Å²) in [5, 5.41) is 60.7. The van der Waals surface area contributed by atoms with Crippen molar-refractivity contribution in [2.75, 3.05) is 37.8 Å². The second kappa shape index (κ2) is 41.0. The van der Waals surface area contributed by atoms with Gasteiger partial charge in [0, 0.05) is 71.6 Å². The average molecular weight is 2010 g/mol. The number of carbonyl (C=O) groups is 4. The first-order chi connectivity index (χ1) is 71.9. The molecule has 0 bridgehead atoms. The number of hydrogen-bond acceptors (Lipinski definition) is 18. The highest BCUT2D eigenvalue weighted by molar-refractivity contribution is 6.01. The van der Waals surface area contributed by atoms with E-state index in [4.69, 9.17) is 37.9 Å². The SMILES string of the molecule is CC#CC1C[C@H]2[C@@H]3CCC4=CC(=NNC(=O)Nc5ccccc5)CCC4=C3[C@@H](c3ccc4c(c3)OCO4)C[C@]2(C)[C@H]1O.CC#CC1C[C@H]2[C@@H]3CCC4=CC(=NNC(=O)Nc5ccccc5)CCC4=C3[C@@H](c3ccc4c(c3)OCO4)C[C@]2(C)[C@H]1O.CC#CC1C[C@H]2[C@@H]3CCC4=CC(=O)CCC4=C3[C@@H](c3ccc4c(c3)OCO4)C[C@]2(C)[C@H]1O.CC#CC1C[C@H]2[C@@H]3CCC4=CC(=O)CCC4=C3[C@@H](c3ccc4c(c3)OCO4)C[C@]2(C)[C@H]1O.O. The molecule has 8 saturated carbocycles. The van der Waals surface area contributed by atoms with Gasteiger partial charge in [0.1, 0.15) is 0 Å². The Kier molecular flexibility index (Phi) is 27.6. The van der Waals surface area contributed by atoms with Gasteiger partial charge in [0.05, 0.1) is 35.8 Å². The number of hydrazone groups is 2. The molecule has 24 atom stereocenters. The monoisotopic (exact) mass is 2000 g/mol. The van der Waals surface area contributed by atoms with Gasteiger partial charge in [-0.15, -0.1) is 23.7 Å². The summed E-state index contributed by atoms with van der Waals surface area (Å²) in [4.78, 5) is 49.2. The Hall–Kier alpha value is -13.1. The number of amides is 4. The van der Waals surface area contributed by atoms with Crippen LogP contribution >= 0.6 is 0 Å². The van der Waals surface area contributed by atoms with Crippen molar-refractivity contribution in [2.45, 2.75) is 258 Å². The lowest BCUT2D eigenvalue weighted by molar-refractivity contribution is -0.115. The summed E-state index contributed by atoms with van der Waals surface area (Å²) in [5.41, 5.74) is 29.8. The van der Waals surface area contributed by atoms with Crippen LogP contribution in [0.2, 0.25) is 0 Å².